The van der Waals surface area contributed by atoms with Crippen LogP contribution >= 0.6 is 0 Å². The van der Waals surface area contributed by atoms with E-state index in [0.717, 1.165) is 30.8 Å². The Kier molecular flexibility index (Phi) is 4.64. The Morgan fingerprint density at radius 3 is 2.59 bits per heavy atom. The molecule has 3 nitrogen and oxygen atoms in total. The van der Waals surface area contributed by atoms with Crippen molar-refractivity contribution in [1.82, 2.24) is 0 Å². The maximum atomic E-state index is 5.90. The first-order valence-corrected chi connectivity index (χ1v) is 7.81. The lowest BCUT2D eigenvalue weighted by Gasteiger charge is -2.10. The number of rotatable bonds is 6. The maximum absolute atomic E-state index is 5.90. The topological polar surface area (TPSA) is 27.7 Å². The fraction of sp³-hybridized carbons (Fsp3) is 0.368. The fourth-order valence-electron chi connectivity index (χ4n) is 2.71. The van der Waals surface area contributed by atoms with Crippen LogP contribution in [-0.2, 0) is 24.2 Å². The molecule has 0 fully saturated rings. The predicted octanol–water partition coefficient (Wildman–Crippen LogP) is 4.13. The standard InChI is InChI=1S/C19H22O3/c1-3-14-7-9-17-18(12-14)22-19(21-17)10-8-15-5-4-6-16(11-15)13-20-2/h4-7,9,11-12,19H,3,8,10,13H2,1-2H3. The average Bonchev–Trinajstić information content (AvgIpc) is 2.95. The Hall–Kier alpha value is -2.00. The number of benzene rings is 2. The Bertz CT molecular complexity index is 636. The van der Waals surface area contributed by atoms with Gasteiger partial charge in [-0.1, -0.05) is 37.3 Å². The maximum Gasteiger partial charge on any atom is 0.241 e. The SMILES string of the molecule is CCc1ccc2c(c1)OC(CCc1cccc(COC)c1)O2. The van der Waals surface area contributed by atoms with E-state index in [0.29, 0.717) is 6.61 Å². The van der Waals surface area contributed by atoms with Crippen molar-refractivity contribution >= 4 is 0 Å². The lowest BCUT2D eigenvalue weighted by atomic mass is 10.1. The Morgan fingerprint density at radius 2 is 1.77 bits per heavy atom. The third kappa shape index (κ3) is 3.42. The van der Waals surface area contributed by atoms with Crippen LogP contribution in [0.4, 0.5) is 0 Å². The average molecular weight is 298 g/mol. The minimum absolute atomic E-state index is 0.187. The van der Waals surface area contributed by atoms with Crippen LogP contribution < -0.4 is 9.47 Å². The van der Waals surface area contributed by atoms with Gasteiger partial charge in [0.05, 0.1) is 6.61 Å². The molecule has 1 atom stereocenters. The number of methoxy groups -OCH3 is 1. The van der Waals surface area contributed by atoms with Crippen molar-refractivity contribution in [2.45, 2.75) is 39.1 Å². The van der Waals surface area contributed by atoms with Crippen LogP contribution in [0.25, 0.3) is 0 Å². The molecule has 0 spiro atoms. The molecule has 3 rings (SSSR count). The summed E-state index contributed by atoms with van der Waals surface area (Å²) in [7, 11) is 1.72. The monoisotopic (exact) mass is 298 g/mol. The van der Waals surface area contributed by atoms with E-state index < -0.39 is 0 Å². The summed E-state index contributed by atoms with van der Waals surface area (Å²) in [5.41, 5.74) is 3.76. The van der Waals surface area contributed by atoms with Gasteiger partial charge >= 0.3 is 0 Å². The molecule has 116 valence electrons. The summed E-state index contributed by atoms with van der Waals surface area (Å²) >= 11 is 0. The second-order valence-electron chi connectivity index (χ2n) is 5.59. The number of ether oxygens (including phenoxy) is 3. The van der Waals surface area contributed by atoms with Gasteiger partial charge in [-0.3, -0.25) is 0 Å². The number of fused-ring (bicyclic) bond motifs is 1. The zero-order chi connectivity index (χ0) is 15.4. The van der Waals surface area contributed by atoms with E-state index in [-0.39, 0.29) is 6.29 Å². The van der Waals surface area contributed by atoms with Crippen molar-refractivity contribution in [2.75, 3.05) is 7.11 Å². The van der Waals surface area contributed by atoms with Crippen LogP contribution in [0.2, 0.25) is 0 Å². The van der Waals surface area contributed by atoms with Gasteiger partial charge in [-0.05, 0) is 41.7 Å². The summed E-state index contributed by atoms with van der Waals surface area (Å²) in [6.45, 7) is 2.79. The van der Waals surface area contributed by atoms with E-state index >= 15 is 0 Å². The van der Waals surface area contributed by atoms with Crippen LogP contribution in [0.5, 0.6) is 11.5 Å². The minimum atomic E-state index is -0.187. The summed E-state index contributed by atoms with van der Waals surface area (Å²) in [4.78, 5) is 0. The lowest BCUT2D eigenvalue weighted by molar-refractivity contribution is 0.0422. The van der Waals surface area contributed by atoms with E-state index in [4.69, 9.17) is 14.2 Å². The number of hydrogen-bond donors (Lipinski definition) is 0. The quantitative estimate of drug-likeness (QED) is 0.802. The molecule has 1 aliphatic heterocycles. The molecule has 0 amide bonds. The highest BCUT2D eigenvalue weighted by molar-refractivity contribution is 5.45. The fourth-order valence-corrected chi connectivity index (χ4v) is 2.71. The van der Waals surface area contributed by atoms with Crippen molar-refractivity contribution in [3.63, 3.8) is 0 Å². The van der Waals surface area contributed by atoms with Gasteiger partial charge in [-0.15, -0.1) is 0 Å². The Morgan fingerprint density at radius 1 is 0.955 bits per heavy atom. The van der Waals surface area contributed by atoms with E-state index in [1.165, 1.54) is 16.7 Å². The van der Waals surface area contributed by atoms with Gasteiger partial charge in [0, 0.05) is 13.5 Å². The molecule has 2 aromatic carbocycles. The van der Waals surface area contributed by atoms with Crippen LogP contribution in [0.1, 0.15) is 30.0 Å². The first-order valence-electron chi connectivity index (χ1n) is 7.81. The van der Waals surface area contributed by atoms with Crippen molar-refractivity contribution in [3.8, 4) is 11.5 Å². The smallest absolute Gasteiger partial charge is 0.241 e. The molecular weight excluding hydrogens is 276 g/mol. The van der Waals surface area contributed by atoms with Crippen molar-refractivity contribution < 1.29 is 14.2 Å². The molecule has 22 heavy (non-hydrogen) atoms. The van der Waals surface area contributed by atoms with Gasteiger partial charge in [0.2, 0.25) is 6.29 Å². The number of hydrogen-bond acceptors (Lipinski definition) is 3. The highest BCUT2D eigenvalue weighted by Gasteiger charge is 2.23. The molecule has 1 aliphatic rings. The zero-order valence-electron chi connectivity index (χ0n) is 13.2. The van der Waals surface area contributed by atoms with E-state index in [1.54, 1.807) is 7.11 Å². The van der Waals surface area contributed by atoms with Crippen LogP contribution in [0.15, 0.2) is 42.5 Å². The van der Waals surface area contributed by atoms with Crippen LogP contribution in [0, 0.1) is 0 Å². The largest absolute Gasteiger partial charge is 0.451 e. The van der Waals surface area contributed by atoms with Gasteiger partial charge in [0.25, 0.3) is 0 Å². The molecular formula is C19H22O3. The molecule has 2 aromatic rings. The summed E-state index contributed by atoms with van der Waals surface area (Å²) in [5.74, 6) is 1.73. The summed E-state index contributed by atoms with van der Waals surface area (Å²) < 4.78 is 16.9. The summed E-state index contributed by atoms with van der Waals surface area (Å²) in [5, 5.41) is 0. The van der Waals surface area contributed by atoms with E-state index in [9.17, 15) is 0 Å². The van der Waals surface area contributed by atoms with Gasteiger partial charge in [-0.2, -0.15) is 0 Å². The Labute approximate surface area is 131 Å². The van der Waals surface area contributed by atoms with Crippen LogP contribution in [0.3, 0.4) is 0 Å². The van der Waals surface area contributed by atoms with Gasteiger partial charge in [0.15, 0.2) is 11.5 Å². The molecule has 0 bridgehead atoms. The molecule has 0 saturated carbocycles. The third-order valence-electron chi connectivity index (χ3n) is 3.90. The molecule has 0 N–H and O–H groups in total. The Balaban J connectivity index is 1.58. The zero-order valence-corrected chi connectivity index (χ0v) is 13.2. The van der Waals surface area contributed by atoms with Gasteiger partial charge in [0.1, 0.15) is 0 Å². The first kappa shape index (κ1) is 14.9. The third-order valence-corrected chi connectivity index (χ3v) is 3.90. The van der Waals surface area contributed by atoms with E-state index in [1.807, 2.05) is 6.07 Å². The summed E-state index contributed by atoms with van der Waals surface area (Å²) in [6, 6.07) is 14.7. The second-order valence-corrected chi connectivity index (χ2v) is 5.59. The predicted molar refractivity (Wildman–Crippen MR) is 86.3 cm³/mol. The van der Waals surface area contributed by atoms with E-state index in [2.05, 4.69) is 43.3 Å². The molecule has 0 saturated heterocycles. The highest BCUT2D eigenvalue weighted by atomic mass is 16.7. The molecule has 0 aromatic heterocycles. The van der Waals surface area contributed by atoms with Crippen molar-refractivity contribution in [2.24, 2.45) is 0 Å². The van der Waals surface area contributed by atoms with Gasteiger partial charge in [-0.25, -0.2) is 0 Å². The molecule has 0 aliphatic carbocycles. The second kappa shape index (κ2) is 6.84. The first-order chi connectivity index (χ1) is 10.8. The number of aryl methyl sites for hydroxylation is 2. The molecule has 3 heteroatoms. The highest BCUT2D eigenvalue weighted by Crippen LogP contribution is 2.36. The van der Waals surface area contributed by atoms with Gasteiger partial charge < -0.3 is 14.2 Å². The molecule has 1 unspecified atom stereocenters. The van der Waals surface area contributed by atoms with Crippen molar-refractivity contribution in [1.29, 1.82) is 0 Å². The lowest BCUT2D eigenvalue weighted by Crippen LogP contribution is -2.18. The normalized spacial score (nSPS) is 16.0. The molecule has 0 radical (unpaired) electrons. The van der Waals surface area contributed by atoms with Crippen molar-refractivity contribution in [3.05, 3.63) is 59.2 Å². The summed E-state index contributed by atoms with van der Waals surface area (Å²) in [6.07, 6.45) is 2.59. The minimum Gasteiger partial charge on any atom is -0.451 e. The molecule has 1 heterocycles. The van der Waals surface area contributed by atoms with Crippen LogP contribution in [-0.4, -0.2) is 13.4 Å².